The van der Waals surface area contributed by atoms with Crippen LogP contribution in [0.1, 0.15) is 17.3 Å². The van der Waals surface area contributed by atoms with Crippen molar-refractivity contribution in [3.8, 4) is 0 Å². The van der Waals surface area contributed by atoms with Crippen LogP contribution >= 0.6 is 0 Å². The summed E-state index contributed by atoms with van der Waals surface area (Å²) in [6.07, 6.45) is 1.40. The number of carboxylic acids is 1. The minimum absolute atomic E-state index is 0.0150. The number of ether oxygens (including phenoxy) is 1. The molecule has 0 spiro atoms. The maximum absolute atomic E-state index is 12.2. The van der Waals surface area contributed by atoms with Crippen LogP contribution < -0.4 is 10.0 Å². The zero-order chi connectivity index (χ0) is 18.4. The second-order valence-corrected chi connectivity index (χ2v) is 6.96. The second-order valence-electron chi connectivity index (χ2n) is 5.19. The molecule has 24 heavy (non-hydrogen) atoms. The molecule has 1 atom stereocenters. The van der Waals surface area contributed by atoms with Gasteiger partial charge in [-0.25, -0.2) is 17.9 Å². The predicted octanol–water partition coefficient (Wildman–Crippen LogP) is 0.370. The topological polar surface area (TPSA) is 122 Å². The predicted molar refractivity (Wildman–Crippen MR) is 87.2 cm³/mol. The van der Waals surface area contributed by atoms with Gasteiger partial charge in [0, 0.05) is 19.2 Å². The third-order valence-electron chi connectivity index (χ3n) is 3.14. The van der Waals surface area contributed by atoms with E-state index in [2.05, 4.69) is 16.6 Å². The van der Waals surface area contributed by atoms with Crippen LogP contribution in [-0.2, 0) is 19.6 Å². The Labute approximate surface area is 140 Å². The van der Waals surface area contributed by atoms with E-state index in [0.29, 0.717) is 0 Å². The van der Waals surface area contributed by atoms with Crippen LogP contribution in [-0.4, -0.2) is 51.2 Å². The van der Waals surface area contributed by atoms with Crippen molar-refractivity contribution >= 4 is 21.9 Å². The summed E-state index contributed by atoms with van der Waals surface area (Å²) in [4.78, 5) is 23.4. The molecule has 0 aromatic heterocycles. The molecule has 132 valence electrons. The summed E-state index contributed by atoms with van der Waals surface area (Å²) in [5, 5.41) is 11.6. The van der Waals surface area contributed by atoms with Gasteiger partial charge in [-0.05, 0) is 31.2 Å². The molecule has 8 nitrogen and oxygen atoms in total. The van der Waals surface area contributed by atoms with E-state index in [1.54, 1.807) is 0 Å². The number of methoxy groups -OCH3 is 1. The number of carbonyl (C=O) groups is 2. The first-order chi connectivity index (χ1) is 11.2. The van der Waals surface area contributed by atoms with E-state index in [4.69, 9.17) is 4.74 Å². The zero-order valence-electron chi connectivity index (χ0n) is 13.4. The van der Waals surface area contributed by atoms with E-state index in [1.165, 1.54) is 44.4 Å². The Kier molecular flexibility index (Phi) is 6.64. The van der Waals surface area contributed by atoms with E-state index in [0.717, 1.165) is 0 Å². The lowest BCUT2D eigenvalue weighted by Crippen LogP contribution is -2.55. The first kappa shape index (κ1) is 19.8. The van der Waals surface area contributed by atoms with Gasteiger partial charge in [0.2, 0.25) is 10.0 Å². The van der Waals surface area contributed by atoms with Crippen LogP contribution in [0.25, 0.3) is 0 Å². The Hall–Kier alpha value is -2.23. The van der Waals surface area contributed by atoms with Gasteiger partial charge in [0.25, 0.3) is 5.91 Å². The molecular formula is C15H20N2O6S. The summed E-state index contributed by atoms with van der Waals surface area (Å²) in [7, 11) is -2.37. The zero-order valence-corrected chi connectivity index (χ0v) is 14.2. The Morgan fingerprint density at radius 1 is 1.33 bits per heavy atom. The molecule has 1 rings (SSSR count). The molecule has 0 aliphatic heterocycles. The van der Waals surface area contributed by atoms with E-state index >= 15 is 0 Å². The van der Waals surface area contributed by atoms with Gasteiger partial charge in [0.15, 0.2) is 5.54 Å². The Morgan fingerprint density at radius 2 is 1.92 bits per heavy atom. The number of hydrogen-bond acceptors (Lipinski definition) is 5. The largest absolute Gasteiger partial charge is 0.479 e. The van der Waals surface area contributed by atoms with Crippen LogP contribution in [0.15, 0.2) is 41.8 Å². The lowest BCUT2D eigenvalue weighted by atomic mass is 10.0. The first-order valence-corrected chi connectivity index (χ1v) is 8.40. The number of carbonyl (C=O) groups excluding carboxylic acids is 1. The smallest absolute Gasteiger partial charge is 0.331 e. The standard InChI is InChI=1S/C15H20N2O6S/c1-4-9-16-24(21,22)12-7-5-11(6-8-12)13(18)17-15(2,10-23-3)14(19)20/h4-8,16H,1,9-10H2,2-3H3,(H,17,18)(H,19,20). The summed E-state index contributed by atoms with van der Waals surface area (Å²) >= 11 is 0. The molecule has 0 aliphatic carbocycles. The molecule has 0 saturated carbocycles. The second kappa shape index (κ2) is 8.04. The quantitative estimate of drug-likeness (QED) is 0.550. The third-order valence-corrected chi connectivity index (χ3v) is 4.58. The molecule has 0 bridgehead atoms. The van der Waals surface area contributed by atoms with Crippen molar-refractivity contribution < 1.29 is 27.9 Å². The SMILES string of the molecule is C=CCNS(=O)(=O)c1ccc(C(=O)NC(C)(COC)C(=O)O)cc1. The highest BCUT2D eigenvalue weighted by Crippen LogP contribution is 2.12. The van der Waals surface area contributed by atoms with Gasteiger partial charge >= 0.3 is 5.97 Å². The maximum atomic E-state index is 12.2. The number of amides is 1. The van der Waals surface area contributed by atoms with Crippen molar-refractivity contribution in [2.45, 2.75) is 17.4 Å². The Bertz CT molecular complexity index is 714. The number of benzene rings is 1. The molecule has 1 aromatic carbocycles. The van der Waals surface area contributed by atoms with Crippen molar-refractivity contribution in [1.82, 2.24) is 10.0 Å². The molecular weight excluding hydrogens is 336 g/mol. The monoisotopic (exact) mass is 356 g/mol. The van der Waals surface area contributed by atoms with E-state index in [-0.39, 0.29) is 23.6 Å². The summed E-state index contributed by atoms with van der Waals surface area (Å²) in [5.74, 6) is -1.90. The van der Waals surface area contributed by atoms with E-state index in [1.807, 2.05) is 0 Å². The van der Waals surface area contributed by atoms with Crippen LogP contribution in [0.2, 0.25) is 0 Å². The average Bonchev–Trinajstić information content (AvgIpc) is 2.53. The van der Waals surface area contributed by atoms with Crippen molar-refractivity contribution in [1.29, 1.82) is 0 Å². The normalized spacial score (nSPS) is 13.8. The molecule has 1 amide bonds. The maximum Gasteiger partial charge on any atom is 0.331 e. The van der Waals surface area contributed by atoms with Crippen molar-refractivity contribution in [2.75, 3.05) is 20.3 Å². The summed E-state index contributed by atoms with van der Waals surface area (Å²) < 4.78 is 31.0. The van der Waals surface area contributed by atoms with Crippen LogP contribution in [0, 0.1) is 0 Å². The minimum atomic E-state index is -3.69. The highest BCUT2D eigenvalue weighted by atomic mass is 32.2. The van der Waals surface area contributed by atoms with E-state index in [9.17, 15) is 23.1 Å². The molecule has 1 aromatic rings. The highest BCUT2D eigenvalue weighted by molar-refractivity contribution is 7.89. The molecule has 0 aliphatic rings. The fraction of sp³-hybridized carbons (Fsp3) is 0.333. The van der Waals surface area contributed by atoms with Gasteiger partial charge < -0.3 is 15.2 Å². The summed E-state index contributed by atoms with van der Waals surface area (Å²) in [5.41, 5.74) is -1.47. The minimum Gasteiger partial charge on any atom is -0.479 e. The molecule has 0 saturated heterocycles. The fourth-order valence-electron chi connectivity index (χ4n) is 1.80. The average molecular weight is 356 g/mol. The number of hydrogen-bond donors (Lipinski definition) is 3. The van der Waals surface area contributed by atoms with Crippen molar-refractivity contribution in [3.05, 3.63) is 42.5 Å². The third kappa shape index (κ3) is 4.88. The summed E-state index contributed by atoms with van der Waals surface area (Å²) in [6, 6.07) is 5.11. The van der Waals surface area contributed by atoms with Gasteiger partial charge in [0.1, 0.15) is 0 Å². The highest BCUT2D eigenvalue weighted by Gasteiger charge is 2.35. The van der Waals surface area contributed by atoms with Gasteiger partial charge in [0.05, 0.1) is 11.5 Å². The fourth-order valence-corrected chi connectivity index (χ4v) is 2.80. The molecule has 0 fully saturated rings. The Morgan fingerprint density at radius 3 is 2.38 bits per heavy atom. The number of aliphatic carboxylic acids is 1. The van der Waals surface area contributed by atoms with Crippen molar-refractivity contribution in [2.24, 2.45) is 0 Å². The van der Waals surface area contributed by atoms with E-state index < -0.39 is 27.4 Å². The Balaban J connectivity index is 2.94. The summed E-state index contributed by atoms with van der Waals surface area (Å²) in [6.45, 7) is 4.60. The van der Waals surface area contributed by atoms with Gasteiger partial charge in [-0.2, -0.15) is 0 Å². The lowest BCUT2D eigenvalue weighted by Gasteiger charge is -2.25. The molecule has 1 unspecified atom stereocenters. The molecule has 0 heterocycles. The van der Waals surface area contributed by atoms with Crippen LogP contribution in [0.5, 0.6) is 0 Å². The molecule has 3 N–H and O–H groups in total. The van der Waals surface area contributed by atoms with Gasteiger partial charge in [-0.1, -0.05) is 6.08 Å². The van der Waals surface area contributed by atoms with Crippen LogP contribution in [0.3, 0.4) is 0 Å². The van der Waals surface area contributed by atoms with Gasteiger partial charge in [-0.3, -0.25) is 4.79 Å². The number of sulfonamides is 1. The van der Waals surface area contributed by atoms with Crippen molar-refractivity contribution in [3.63, 3.8) is 0 Å². The lowest BCUT2D eigenvalue weighted by molar-refractivity contribution is -0.145. The number of rotatable bonds is 9. The molecule has 0 radical (unpaired) electrons. The van der Waals surface area contributed by atoms with Crippen LogP contribution in [0.4, 0.5) is 0 Å². The number of nitrogens with one attached hydrogen (secondary N) is 2. The molecule has 9 heteroatoms. The van der Waals surface area contributed by atoms with Gasteiger partial charge in [-0.15, -0.1) is 6.58 Å². The first-order valence-electron chi connectivity index (χ1n) is 6.92. The number of carboxylic acid groups (broad SMARTS) is 1.